The Bertz CT molecular complexity index is 929. The van der Waals surface area contributed by atoms with Crippen LogP contribution in [-0.2, 0) is 10.0 Å². The molecule has 6 nitrogen and oxygen atoms in total. The van der Waals surface area contributed by atoms with Crippen molar-refractivity contribution in [1.82, 2.24) is 14.6 Å². The molecule has 0 unspecified atom stereocenters. The van der Waals surface area contributed by atoms with E-state index in [0.29, 0.717) is 37.4 Å². The topological polar surface area (TPSA) is 82.3 Å². The molecule has 0 atom stereocenters. The summed E-state index contributed by atoms with van der Waals surface area (Å²) in [7, 11) is -3.15. The van der Waals surface area contributed by atoms with E-state index in [1.807, 2.05) is 18.3 Å². The average molecular weight is 424 g/mol. The fraction of sp³-hybridized carbons (Fsp3) is 0.550. The van der Waals surface area contributed by atoms with E-state index in [1.54, 1.807) is 18.7 Å². The molecule has 0 spiro atoms. The number of aromatic amines is 1. The molecule has 154 valence electrons. The Labute approximate surface area is 171 Å². The van der Waals surface area contributed by atoms with E-state index in [9.17, 15) is 13.2 Å². The van der Waals surface area contributed by atoms with Gasteiger partial charge >= 0.3 is 0 Å². The molecular weight excluding hydrogens is 394 g/mol. The van der Waals surface area contributed by atoms with Crippen molar-refractivity contribution in [3.8, 4) is 0 Å². The van der Waals surface area contributed by atoms with Crippen LogP contribution in [-0.4, -0.2) is 54.3 Å². The van der Waals surface area contributed by atoms with Crippen molar-refractivity contribution in [2.75, 3.05) is 24.6 Å². The second-order valence-corrected chi connectivity index (χ2v) is 11.0. The maximum Gasteiger partial charge on any atom is 0.253 e. The predicted molar refractivity (Wildman–Crippen MR) is 115 cm³/mol. The van der Waals surface area contributed by atoms with E-state index >= 15 is 0 Å². The number of aromatic nitrogens is 1. The van der Waals surface area contributed by atoms with Gasteiger partial charge in [-0.3, -0.25) is 4.79 Å². The summed E-state index contributed by atoms with van der Waals surface area (Å²) in [6.07, 6.45) is 3.13. The second-order valence-electron chi connectivity index (χ2n) is 7.66. The molecular formula is C20H29N3O3S2. The Morgan fingerprint density at radius 3 is 2.68 bits per heavy atom. The van der Waals surface area contributed by atoms with E-state index < -0.39 is 10.0 Å². The number of hydrogen-bond acceptors (Lipinski definition) is 4. The van der Waals surface area contributed by atoms with Crippen LogP contribution >= 0.6 is 11.8 Å². The van der Waals surface area contributed by atoms with Crippen LogP contribution in [0.1, 0.15) is 44.0 Å². The maximum atomic E-state index is 13.0. The third-order valence-corrected chi connectivity index (χ3v) is 8.29. The minimum absolute atomic E-state index is 0.00667. The van der Waals surface area contributed by atoms with Gasteiger partial charge < -0.3 is 10.3 Å². The highest BCUT2D eigenvalue weighted by Crippen LogP contribution is 2.28. The third kappa shape index (κ3) is 4.90. The molecule has 28 heavy (non-hydrogen) atoms. The lowest BCUT2D eigenvalue weighted by Gasteiger charge is -2.31. The Hall–Kier alpha value is -1.51. The fourth-order valence-corrected chi connectivity index (χ4v) is 5.46. The number of carbonyl (C=O) groups excluding carboxylic acids is 1. The van der Waals surface area contributed by atoms with Crippen LogP contribution in [0.4, 0.5) is 0 Å². The third-order valence-electron chi connectivity index (χ3n) is 5.01. The first-order valence-corrected chi connectivity index (χ1v) is 12.4. The van der Waals surface area contributed by atoms with Gasteiger partial charge in [0.05, 0.1) is 16.8 Å². The van der Waals surface area contributed by atoms with Crippen molar-refractivity contribution in [2.45, 2.75) is 44.6 Å². The molecule has 1 aromatic carbocycles. The zero-order valence-corrected chi connectivity index (χ0v) is 18.3. The Kier molecular flexibility index (Phi) is 6.73. The number of amides is 1. The summed E-state index contributed by atoms with van der Waals surface area (Å²) < 4.78 is 25.5. The van der Waals surface area contributed by atoms with Crippen molar-refractivity contribution in [3.63, 3.8) is 0 Å². The number of nitrogens with zero attached hydrogens (tertiary/aromatic N) is 1. The molecule has 2 heterocycles. The molecule has 2 N–H and O–H groups in total. The second kappa shape index (κ2) is 8.88. The van der Waals surface area contributed by atoms with Gasteiger partial charge in [-0.15, -0.1) is 11.8 Å². The lowest BCUT2D eigenvalue weighted by molar-refractivity contribution is 0.0925. The number of carbonyl (C=O) groups is 1. The first-order valence-electron chi connectivity index (χ1n) is 9.82. The zero-order valence-electron chi connectivity index (χ0n) is 16.7. The van der Waals surface area contributed by atoms with Crippen LogP contribution in [0.2, 0.25) is 0 Å². The van der Waals surface area contributed by atoms with Crippen LogP contribution in [0, 0.1) is 5.92 Å². The van der Waals surface area contributed by atoms with Gasteiger partial charge in [0.25, 0.3) is 5.91 Å². The number of piperidine rings is 1. The monoisotopic (exact) mass is 423 g/mol. The number of thioether (sulfide) groups is 1. The molecule has 2 aromatic rings. The highest BCUT2D eigenvalue weighted by molar-refractivity contribution is 7.99. The summed E-state index contributed by atoms with van der Waals surface area (Å²) in [6.45, 7) is 6.95. The van der Waals surface area contributed by atoms with Crippen molar-refractivity contribution >= 4 is 38.6 Å². The standard InChI is InChI=1S/C20H29N3O3S2/c1-4-28(25,26)23-9-6-16(7-10-23)22-20(24)18-12-17(27-13-14(2)3)11-15-5-8-21-19(15)18/h5,8,11-12,14,16,21H,4,6-7,9-10,13H2,1-3H3,(H,22,24). The van der Waals surface area contributed by atoms with Gasteiger partial charge in [0.15, 0.2) is 0 Å². The number of fused-ring (bicyclic) bond motifs is 1. The molecule has 0 saturated carbocycles. The minimum Gasteiger partial charge on any atom is -0.361 e. The van der Waals surface area contributed by atoms with Crippen molar-refractivity contribution < 1.29 is 13.2 Å². The highest BCUT2D eigenvalue weighted by atomic mass is 32.2. The van der Waals surface area contributed by atoms with E-state index in [-0.39, 0.29) is 17.7 Å². The van der Waals surface area contributed by atoms with Crippen molar-refractivity contribution in [1.29, 1.82) is 0 Å². The zero-order chi connectivity index (χ0) is 20.3. The van der Waals surface area contributed by atoms with Crippen LogP contribution in [0.25, 0.3) is 10.9 Å². The van der Waals surface area contributed by atoms with Crippen molar-refractivity contribution in [2.24, 2.45) is 5.92 Å². The SMILES string of the molecule is CCS(=O)(=O)N1CCC(NC(=O)c2cc(SCC(C)C)cc3cc[nH]c23)CC1. The van der Waals surface area contributed by atoms with Gasteiger partial charge in [0, 0.05) is 41.4 Å². The molecule has 0 aliphatic carbocycles. The smallest absolute Gasteiger partial charge is 0.253 e. The number of nitrogens with one attached hydrogen (secondary N) is 2. The van der Waals surface area contributed by atoms with Crippen LogP contribution in [0.5, 0.6) is 0 Å². The van der Waals surface area contributed by atoms with Crippen LogP contribution in [0.3, 0.4) is 0 Å². The van der Waals surface area contributed by atoms with Crippen LogP contribution < -0.4 is 5.32 Å². The van der Waals surface area contributed by atoms with E-state index in [4.69, 9.17) is 0 Å². The molecule has 1 saturated heterocycles. The van der Waals surface area contributed by atoms with Gasteiger partial charge in [0.1, 0.15) is 0 Å². The largest absolute Gasteiger partial charge is 0.361 e. The first kappa shape index (κ1) is 21.2. The lowest BCUT2D eigenvalue weighted by atomic mass is 10.1. The fourth-order valence-electron chi connectivity index (χ4n) is 3.39. The van der Waals surface area contributed by atoms with Gasteiger partial charge in [-0.25, -0.2) is 12.7 Å². The quantitative estimate of drug-likeness (QED) is 0.668. The molecule has 0 bridgehead atoms. The Morgan fingerprint density at radius 1 is 1.32 bits per heavy atom. The lowest BCUT2D eigenvalue weighted by Crippen LogP contribution is -2.46. The average Bonchev–Trinajstić information content (AvgIpc) is 3.14. The Morgan fingerprint density at radius 2 is 2.04 bits per heavy atom. The summed E-state index contributed by atoms with van der Waals surface area (Å²) in [5, 5.41) is 4.14. The van der Waals surface area contributed by atoms with Gasteiger partial charge in [0.2, 0.25) is 10.0 Å². The summed E-state index contributed by atoms with van der Waals surface area (Å²) in [5.74, 6) is 1.60. The summed E-state index contributed by atoms with van der Waals surface area (Å²) in [5.41, 5.74) is 1.50. The molecule has 1 aromatic heterocycles. The predicted octanol–water partition coefficient (Wildman–Crippen LogP) is 3.46. The molecule has 3 rings (SSSR count). The van der Waals surface area contributed by atoms with Crippen LogP contribution in [0.15, 0.2) is 29.3 Å². The number of H-pyrrole nitrogens is 1. The minimum atomic E-state index is -3.15. The molecule has 1 aliphatic rings. The number of benzene rings is 1. The molecule has 1 amide bonds. The van der Waals surface area contributed by atoms with E-state index in [2.05, 4.69) is 30.2 Å². The molecule has 8 heteroatoms. The molecule has 1 fully saturated rings. The van der Waals surface area contributed by atoms with Gasteiger partial charge in [-0.1, -0.05) is 13.8 Å². The van der Waals surface area contributed by atoms with E-state index in [0.717, 1.165) is 21.6 Å². The summed E-state index contributed by atoms with van der Waals surface area (Å²) in [4.78, 5) is 17.2. The van der Waals surface area contributed by atoms with Gasteiger partial charge in [-0.05, 0) is 43.9 Å². The van der Waals surface area contributed by atoms with E-state index in [1.165, 1.54) is 4.31 Å². The first-order chi connectivity index (χ1) is 13.3. The Balaban J connectivity index is 1.71. The van der Waals surface area contributed by atoms with Gasteiger partial charge in [-0.2, -0.15) is 0 Å². The summed E-state index contributed by atoms with van der Waals surface area (Å²) in [6, 6.07) is 6.05. The number of hydrogen-bond donors (Lipinski definition) is 2. The number of sulfonamides is 1. The molecule has 0 radical (unpaired) electrons. The van der Waals surface area contributed by atoms with Crippen molar-refractivity contribution in [3.05, 3.63) is 30.0 Å². The normalized spacial score (nSPS) is 16.7. The molecule has 1 aliphatic heterocycles. The summed E-state index contributed by atoms with van der Waals surface area (Å²) >= 11 is 1.76. The maximum absolute atomic E-state index is 13.0. The number of rotatable bonds is 7. The highest BCUT2D eigenvalue weighted by Gasteiger charge is 2.28.